The van der Waals surface area contributed by atoms with E-state index in [4.69, 9.17) is 4.52 Å². The Morgan fingerprint density at radius 1 is 0.962 bits per heavy atom. The van der Waals surface area contributed by atoms with Crippen LogP contribution in [0.25, 0.3) is 11.4 Å². The molecule has 2 aromatic carbocycles. The fourth-order valence-corrected chi connectivity index (χ4v) is 3.45. The number of nitrogens with zero attached hydrogens (tertiary/aromatic N) is 3. The van der Waals surface area contributed by atoms with Crippen LogP contribution in [0.15, 0.2) is 64.0 Å². The lowest BCUT2D eigenvalue weighted by Gasteiger charge is -2.11. The molecule has 0 spiro atoms. The molecular weight excluding hydrogens is 350 g/mol. The zero-order chi connectivity index (χ0) is 18.6. The standard InChI is InChI=1S/C19H21N3O3S/c1-22(2)26(23,24)17-13-11-15(12-14-17)7-6-10-18-20-19(21-25-18)16-8-4-3-5-9-16/h3-5,8-9,11-14H,6-7,10H2,1-2H3. The highest BCUT2D eigenvalue weighted by Crippen LogP contribution is 2.17. The highest BCUT2D eigenvalue weighted by atomic mass is 32.2. The van der Waals surface area contributed by atoms with Crippen molar-refractivity contribution < 1.29 is 12.9 Å². The minimum absolute atomic E-state index is 0.302. The fraction of sp³-hybridized carbons (Fsp3) is 0.263. The molecule has 1 heterocycles. The Balaban J connectivity index is 1.56. The predicted molar refractivity (Wildman–Crippen MR) is 99.1 cm³/mol. The van der Waals surface area contributed by atoms with Crippen molar-refractivity contribution in [1.82, 2.24) is 14.4 Å². The maximum atomic E-state index is 12.1. The van der Waals surface area contributed by atoms with Crippen molar-refractivity contribution >= 4 is 10.0 Å². The van der Waals surface area contributed by atoms with Crippen molar-refractivity contribution in [1.29, 1.82) is 0 Å². The van der Waals surface area contributed by atoms with Crippen molar-refractivity contribution in [2.24, 2.45) is 0 Å². The third kappa shape index (κ3) is 4.17. The van der Waals surface area contributed by atoms with Crippen molar-refractivity contribution in [2.45, 2.75) is 24.2 Å². The van der Waals surface area contributed by atoms with Gasteiger partial charge in [0.15, 0.2) is 0 Å². The van der Waals surface area contributed by atoms with Gasteiger partial charge in [0.1, 0.15) is 0 Å². The summed E-state index contributed by atoms with van der Waals surface area (Å²) >= 11 is 0. The summed E-state index contributed by atoms with van der Waals surface area (Å²) in [5.41, 5.74) is 2.01. The van der Waals surface area contributed by atoms with Crippen molar-refractivity contribution in [3.8, 4) is 11.4 Å². The van der Waals surface area contributed by atoms with Gasteiger partial charge in [-0.2, -0.15) is 4.98 Å². The molecule has 7 heteroatoms. The van der Waals surface area contributed by atoms with Gasteiger partial charge in [0.25, 0.3) is 0 Å². The summed E-state index contributed by atoms with van der Waals surface area (Å²) in [6, 6.07) is 16.7. The number of hydrogen-bond acceptors (Lipinski definition) is 5. The molecule has 0 atom stereocenters. The van der Waals surface area contributed by atoms with E-state index in [0.717, 1.165) is 24.0 Å². The van der Waals surface area contributed by atoms with Gasteiger partial charge in [-0.25, -0.2) is 12.7 Å². The van der Waals surface area contributed by atoms with Crippen LogP contribution in [0.2, 0.25) is 0 Å². The van der Waals surface area contributed by atoms with E-state index in [9.17, 15) is 8.42 Å². The maximum absolute atomic E-state index is 12.1. The summed E-state index contributed by atoms with van der Waals surface area (Å²) in [4.78, 5) is 4.72. The van der Waals surface area contributed by atoms with Gasteiger partial charge in [0.05, 0.1) is 4.90 Å². The first-order valence-corrected chi connectivity index (χ1v) is 9.80. The van der Waals surface area contributed by atoms with Crippen LogP contribution >= 0.6 is 0 Å². The van der Waals surface area contributed by atoms with Crippen LogP contribution in [-0.4, -0.2) is 37.0 Å². The third-order valence-electron chi connectivity index (χ3n) is 4.06. The zero-order valence-electron chi connectivity index (χ0n) is 14.8. The molecular formula is C19H21N3O3S. The first-order valence-electron chi connectivity index (χ1n) is 8.36. The number of aromatic nitrogens is 2. The average molecular weight is 371 g/mol. The van der Waals surface area contributed by atoms with Gasteiger partial charge in [-0.1, -0.05) is 47.6 Å². The summed E-state index contributed by atoms with van der Waals surface area (Å²) in [6.45, 7) is 0. The highest BCUT2D eigenvalue weighted by molar-refractivity contribution is 7.89. The molecule has 0 N–H and O–H groups in total. The predicted octanol–water partition coefficient (Wildman–Crippen LogP) is 3.16. The molecule has 0 saturated heterocycles. The molecule has 3 aromatic rings. The molecule has 0 saturated carbocycles. The van der Waals surface area contributed by atoms with Gasteiger partial charge in [0.2, 0.25) is 21.7 Å². The van der Waals surface area contributed by atoms with E-state index in [0.29, 0.717) is 23.0 Å². The van der Waals surface area contributed by atoms with E-state index < -0.39 is 10.0 Å². The van der Waals surface area contributed by atoms with Gasteiger partial charge < -0.3 is 4.52 Å². The second-order valence-corrected chi connectivity index (χ2v) is 8.31. The molecule has 3 rings (SSSR count). The van der Waals surface area contributed by atoms with Crippen molar-refractivity contribution in [3.05, 3.63) is 66.1 Å². The molecule has 0 radical (unpaired) electrons. The van der Waals surface area contributed by atoms with Crippen LogP contribution in [0.3, 0.4) is 0 Å². The smallest absolute Gasteiger partial charge is 0.242 e. The number of hydrogen-bond donors (Lipinski definition) is 0. The second kappa shape index (κ2) is 7.80. The zero-order valence-corrected chi connectivity index (χ0v) is 15.6. The lowest BCUT2D eigenvalue weighted by Crippen LogP contribution is -2.22. The SMILES string of the molecule is CN(C)S(=O)(=O)c1ccc(CCCc2nc(-c3ccccc3)no2)cc1. The van der Waals surface area contributed by atoms with Crippen LogP contribution in [0.5, 0.6) is 0 Å². The Morgan fingerprint density at radius 3 is 2.31 bits per heavy atom. The van der Waals surface area contributed by atoms with E-state index >= 15 is 0 Å². The molecule has 0 aliphatic heterocycles. The molecule has 0 amide bonds. The van der Waals surface area contributed by atoms with E-state index in [1.54, 1.807) is 12.1 Å². The van der Waals surface area contributed by atoms with E-state index in [-0.39, 0.29) is 0 Å². The Hall–Kier alpha value is -2.51. The lowest BCUT2D eigenvalue weighted by molar-refractivity contribution is 0.376. The quantitative estimate of drug-likeness (QED) is 0.638. The highest BCUT2D eigenvalue weighted by Gasteiger charge is 2.16. The Bertz CT molecular complexity index is 949. The van der Waals surface area contributed by atoms with Crippen LogP contribution in [-0.2, 0) is 22.9 Å². The molecule has 1 aromatic heterocycles. The molecule has 26 heavy (non-hydrogen) atoms. The van der Waals surface area contributed by atoms with Crippen molar-refractivity contribution in [3.63, 3.8) is 0 Å². The van der Waals surface area contributed by atoms with E-state index in [2.05, 4.69) is 10.1 Å². The monoisotopic (exact) mass is 371 g/mol. The average Bonchev–Trinajstić information content (AvgIpc) is 3.12. The van der Waals surface area contributed by atoms with E-state index in [1.807, 2.05) is 42.5 Å². The summed E-state index contributed by atoms with van der Waals surface area (Å²) in [7, 11) is -0.330. The molecule has 6 nitrogen and oxygen atoms in total. The van der Waals surface area contributed by atoms with Gasteiger partial charge >= 0.3 is 0 Å². The van der Waals surface area contributed by atoms with Crippen LogP contribution in [0.1, 0.15) is 17.9 Å². The summed E-state index contributed by atoms with van der Waals surface area (Å²) in [5, 5.41) is 4.01. The molecule has 0 aliphatic rings. The molecule has 0 bridgehead atoms. The Kier molecular flexibility index (Phi) is 5.49. The van der Waals surface area contributed by atoms with Crippen LogP contribution in [0, 0.1) is 0 Å². The maximum Gasteiger partial charge on any atom is 0.242 e. The third-order valence-corrected chi connectivity index (χ3v) is 5.89. The summed E-state index contributed by atoms with van der Waals surface area (Å²) in [6.07, 6.45) is 2.33. The molecule has 0 aliphatic carbocycles. The van der Waals surface area contributed by atoms with Crippen LogP contribution < -0.4 is 0 Å². The number of rotatable bonds is 7. The Labute approximate surface area is 153 Å². The van der Waals surface area contributed by atoms with Gasteiger partial charge in [-0.05, 0) is 30.5 Å². The minimum Gasteiger partial charge on any atom is -0.339 e. The van der Waals surface area contributed by atoms with Crippen molar-refractivity contribution in [2.75, 3.05) is 14.1 Å². The van der Waals surface area contributed by atoms with E-state index in [1.165, 1.54) is 18.4 Å². The number of sulfonamides is 1. The van der Waals surface area contributed by atoms with Crippen LogP contribution in [0.4, 0.5) is 0 Å². The number of aryl methyl sites for hydroxylation is 2. The number of benzene rings is 2. The minimum atomic E-state index is -3.38. The molecule has 0 unspecified atom stereocenters. The fourth-order valence-electron chi connectivity index (χ4n) is 2.54. The topological polar surface area (TPSA) is 76.3 Å². The lowest BCUT2D eigenvalue weighted by atomic mass is 10.1. The molecule has 0 fully saturated rings. The largest absolute Gasteiger partial charge is 0.339 e. The Morgan fingerprint density at radius 2 is 1.65 bits per heavy atom. The normalized spacial score (nSPS) is 11.8. The van der Waals surface area contributed by atoms with Gasteiger partial charge in [-0.3, -0.25) is 0 Å². The van der Waals surface area contributed by atoms with Gasteiger partial charge in [0, 0.05) is 26.1 Å². The first kappa shape index (κ1) is 18.3. The van der Waals surface area contributed by atoms with Gasteiger partial charge in [-0.15, -0.1) is 0 Å². The summed E-state index contributed by atoms with van der Waals surface area (Å²) in [5.74, 6) is 1.20. The first-order chi connectivity index (χ1) is 12.5. The second-order valence-electron chi connectivity index (χ2n) is 6.16. The summed E-state index contributed by atoms with van der Waals surface area (Å²) < 4.78 is 30.6. The molecule has 136 valence electrons.